The Bertz CT molecular complexity index is 366. The van der Waals surface area contributed by atoms with E-state index in [0.717, 1.165) is 6.42 Å². The maximum absolute atomic E-state index is 9.74. The van der Waals surface area contributed by atoms with Crippen LogP contribution in [0.1, 0.15) is 25.8 Å². The molecule has 0 spiro atoms. The quantitative estimate of drug-likeness (QED) is 0.606. The van der Waals surface area contributed by atoms with E-state index in [1.54, 1.807) is 12.3 Å². The van der Waals surface area contributed by atoms with E-state index in [0.29, 0.717) is 17.0 Å². The average molecular weight is 222 g/mol. The third-order valence-corrected chi connectivity index (χ3v) is 2.45. The summed E-state index contributed by atoms with van der Waals surface area (Å²) in [6.45, 7) is 4.06. The first-order chi connectivity index (χ1) is 7.58. The summed E-state index contributed by atoms with van der Waals surface area (Å²) in [4.78, 5) is 4.28. The van der Waals surface area contributed by atoms with Crippen molar-refractivity contribution in [3.63, 3.8) is 0 Å². The van der Waals surface area contributed by atoms with Gasteiger partial charge < -0.3 is 15.6 Å². The molecule has 16 heavy (non-hydrogen) atoms. The van der Waals surface area contributed by atoms with Gasteiger partial charge in [-0.15, -0.1) is 0 Å². The van der Waals surface area contributed by atoms with Crippen LogP contribution >= 0.6 is 0 Å². The fraction of sp³-hybridized carbons (Fsp3) is 0.417. The van der Waals surface area contributed by atoms with Crippen LogP contribution in [0.2, 0.25) is 0 Å². The van der Waals surface area contributed by atoms with Gasteiger partial charge in [0.05, 0.1) is 12.7 Å². The number of phenolic OH excluding ortho intramolecular Hbond substituents is 1. The Morgan fingerprint density at radius 3 is 2.75 bits per heavy atom. The van der Waals surface area contributed by atoms with E-state index in [2.05, 4.69) is 11.9 Å². The van der Waals surface area contributed by atoms with E-state index in [1.807, 2.05) is 6.92 Å². The Morgan fingerprint density at radius 1 is 1.56 bits per heavy atom. The Labute approximate surface area is 95.8 Å². The molecule has 0 radical (unpaired) electrons. The Morgan fingerprint density at radius 2 is 2.25 bits per heavy atom. The highest BCUT2D eigenvalue weighted by Gasteiger charge is 2.06. The van der Waals surface area contributed by atoms with Crippen LogP contribution in [0.25, 0.3) is 0 Å². The van der Waals surface area contributed by atoms with Crippen LogP contribution in [0, 0.1) is 0 Å². The van der Waals surface area contributed by atoms with Crippen molar-refractivity contribution in [3.8, 4) is 11.5 Å². The Kier molecular flexibility index (Phi) is 4.17. The molecule has 0 amide bonds. The van der Waals surface area contributed by atoms with Crippen LogP contribution in [0.4, 0.5) is 5.69 Å². The van der Waals surface area contributed by atoms with Gasteiger partial charge in [-0.05, 0) is 13.3 Å². The predicted molar refractivity (Wildman–Crippen MR) is 66.4 cm³/mol. The molecule has 0 fully saturated rings. The molecule has 0 aliphatic heterocycles. The van der Waals surface area contributed by atoms with Gasteiger partial charge >= 0.3 is 0 Å². The largest absolute Gasteiger partial charge is 0.507 e. The fourth-order valence-electron chi connectivity index (χ4n) is 1.20. The van der Waals surface area contributed by atoms with Gasteiger partial charge in [-0.3, -0.25) is 4.99 Å². The molecule has 0 aromatic heterocycles. The first kappa shape index (κ1) is 12.4. The number of aromatic hydroxyl groups is 1. The lowest BCUT2D eigenvalue weighted by Gasteiger charge is -2.07. The molecular weight excluding hydrogens is 204 g/mol. The van der Waals surface area contributed by atoms with Crippen molar-refractivity contribution in [1.29, 1.82) is 0 Å². The van der Waals surface area contributed by atoms with E-state index < -0.39 is 0 Å². The molecule has 1 rings (SSSR count). The minimum Gasteiger partial charge on any atom is -0.507 e. The zero-order valence-corrected chi connectivity index (χ0v) is 9.90. The summed E-state index contributed by atoms with van der Waals surface area (Å²) in [5.41, 5.74) is 6.80. The second-order valence-electron chi connectivity index (χ2n) is 3.68. The van der Waals surface area contributed by atoms with E-state index in [9.17, 15) is 5.11 Å². The summed E-state index contributed by atoms with van der Waals surface area (Å²) in [5, 5.41) is 9.74. The van der Waals surface area contributed by atoms with Crippen molar-refractivity contribution in [3.05, 3.63) is 17.7 Å². The number of nitrogens with zero attached hydrogens (tertiary/aromatic N) is 1. The highest BCUT2D eigenvalue weighted by atomic mass is 16.5. The highest BCUT2D eigenvalue weighted by Crippen LogP contribution is 2.28. The standard InChI is InChI=1S/C12H18N2O2/c1-4-8(2)14-7-10-11(13)5-9(16-3)6-12(10)15/h5-8,15H,4,13H2,1-3H3. The van der Waals surface area contributed by atoms with Crippen molar-refractivity contribution in [2.24, 2.45) is 4.99 Å². The van der Waals surface area contributed by atoms with Gasteiger partial charge in [0.25, 0.3) is 0 Å². The Balaban J connectivity index is 3.01. The van der Waals surface area contributed by atoms with Gasteiger partial charge in [-0.25, -0.2) is 0 Å². The van der Waals surface area contributed by atoms with Crippen LogP contribution < -0.4 is 10.5 Å². The number of hydrogen-bond donors (Lipinski definition) is 2. The number of benzene rings is 1. The number of ether oxygens (including phenoxy) is 1. The van der Waals surface area contributed by atoms with Crippen LogP contribution in [0.5, 0.6) is 11.5 Å². The molecule has 1 aromatic carbocycles. The van der Waals surface area contributed by atoms with Crippen molar-refractivity contribution >= 4 is 11.9 Å². The molecule has 88 valence electrons. The first-order valence-electron chi connectivity index (χ1n) is 5.28. The number of anilines is 1. The van der Waals surface area contributed by atoms with Crippen LogP contribution in [0.15, 0.2) is 17.1 Å². The van der Waals surface area contributed by atoms with Crippen LogP contribution in [-0.4, -0.2) is 24.5 Å². The molecule has 4 heteroatoms. The van der Waals surface area contributed by atoms with Gasteiger partial charge in [0.1, 0.15) is 11.5 Å². The summed E-state index contributed by atoms with van der Waals surface area (Å²) in [7, 11) is 1.53. The SMILES string of the molecule is CCC(C)N=Cc1c(N)cc(OC)cc1O. The Hall–Kier alpha value is -1.71. The average Bonchev–Trinajstić information content (AvgIpc) is 2.27. The molecule has 0 saturated heterocycles. The smallest absolute Gasteiger partial charge is 0.130 e. The number of aliphatic imine (C=N–C) groups is 1. The highest BCUT2D eigenvalue weighted by molar-refractivity contribution is 5.91. The second-order valence-corrected chi connectivity index (χ2v) is 3.68. The summed E-state index contributed by atoms with van der Waals surface area (Å²) in [5.74, 6) is 0.625. The van der Waals surface area contributed by atoms with E-state index >= 15 is 0 Å². The lowest BCUT2D eigenvalue weighted by Crippen LogP contribution is -1.99. The molecule has 0 saturated carbocycles. The maximum Gasteiger partial charge on any atom is 0.130 e. The molecule has 1 aromatic rings. The zero-order valence-electron chi connectivity index (χ0n) is 9.90. The monoisotopic (exact) mass is 222 g/mol. The maximum atomic E-state index is 9.74. The molecule has 1 atom stereocenters. The zero-order chi connectivity index (χ0) is 12.1. The lowest BCUT2D eigenvalue weighted by molar-refractivity contribution is 0.408. The first-order valence-corrected chi connectivity index (χ1v) is 5.28. The van der Waals surface area contributed by atoms with E-state index in [-0.39, 0.29) is 11.8 Å². The molecule has 3 N–H and O–H groups in total. The van der Waals surface area contributed by atoms with E-state index in [1.165, 1.54) is 13.2 Å². The topological polar surface area (TPSA) is 67.8 Å². The number of methoxy groups -OCH3 is 1. The van der Waals surface area contributed by atoms with Crippen LogP contribution in [0.3, 0.4) is 0 Å². The summed E-state index contributed by atoms with van der Waals surface area (Å²) in [6.07, 6.45) is 2.56. The second kappa shape index (κ2) is 5.39. The molecule has 0 bridgehead atoms. The number of rotatable bonds is 4. The molecular formula is C12H18N2O2. The van der Waals surface area contributed by atoms with Gasteiger partial charge in [0, 0.05) is 30.1 Å². The predicted octanol–water partition coefficient (Wildman–Crippen LogP) is 2.20. The number of nitrogens with two attached hydrogens (primary N) is 1. The third kappa shape index (κ3) is 2.89. The molecule has 0 aliphatic rings. The minimum absolute atomic E-state index is 0.0869. The third-order valence-electron chi connectivity index (χ3n) is 2.45. The van der Waals surface area contributed by atoms with Gasteiger partial charge in [-0.1, -0.05) is 6.92 Å². The van der Waals surface area contributed by atoms with Crippen LogP contribution in [-0.2, 0) is 0 Å². The summed E-state index contributed by atoms with van der Waals surface area (Å²) < 4.78 is 4.99. The lowest BCUT2D eigenvalue weighted by atomic mass is 10.1. The summed E-state index contributed by atoms with van der Waals surface area (Å²) in [6, 6.07) is 3.41. The van der Waals surface area contributed by atoms with Crippen molar-refractivity contribution in [2.75, 3.05) is 12.8 Å². The van der Waals surface area contributed by atoms with E-state index in [4.69, 9.17) is 10.5 Å². The summed E-state index contributed by atoms with van der Waals surface area (Å²) >= 11 is 0. The van der Waals surface area contributed by atoms with Gasteiger partial charge in [0.2, 0.25) is 0 Å². The number of phenols is 1. The molecule has 1 unspecified atom stereocenters. The molecule has 0 aliphatic carbocycles. The van der Waals surface area contributed by atoms with Gasteiger partial charge in [0.15, 0.2) is 0 Å². The fourth-order valence-corrected chi connectivity index (χ4v) is 1.20. The van der Waals surface area contributed by atoms with Crippen molar-refractivity contribution in [2.45, 2.75) is 26.3 Å². The van der Waals surface area contributed by atoms with Crippen molar-refractivity contribution in [1.82, 2.24) is 0 Å². The minimum atomic E-state index is 0.0869. The normalized spacial score (nSPS) is 12.9. The number of hydrogen-bond acceptors (Lipinski definition) is 4. The van der Waals surface area contributed by atoms with Crippen molar-refractivity contribution < 1.29 is 9.84 Å². The molecule has 0 heterocycles. The van der Waals surface area contributed by atoms with Gasteiger partial charge in [-0.2, -0.15) is 0 Å². The number of nitrogen functional groups attached to an aromatic ring is 1. The molecule has 4 nitrogen and oxygen atoms in total.